The molecule has 0 spiro atoms. The maximum Gasteiger partial charge on any atom is 0.260 e. The predicted molar refractivity (Wildman–Crippen MR) is 122 cm³/mol. The van der Waals surface area contributed by atoms with Crippen LogP contribution in [0.4, 0.5) is 0 Å². The van der Waals surface area contributed by atoms with Gasteiger partial charge in [0.05, 0.1) is 17.7 Å². The van der Waals surface area contributed by atoms with E-state index >= 15 is 0 Å². The largest absolute Gasteiger partial charge is 0.492 e. The maximum atomic E-state index is 13.0. The lowest BCUT2D eigenvalue weighted by Gasteiger charge is -2.23. The van der Waals surface area contributed by atoms with Crippen LogP contribution in [0, 0.1) is 5.92 Å². The fourth-order valence-corrected chi connectivity index (χ4v) is 4.80. The van der Waals surface area contributed by atoms with Gasteiger partial charge >= 0.3 is 0 Å². The van der Waals surface area contributed by atoms with Crippen LogP contribution in [0.2, 0.25) is 0 Å². The molecule has 152 valence electrons. The molecule has 1 aliphatic heterocycles. The number of piperidine rings is 1. The number of nitrogens with one attached hydrogen (secondary N) is 2. The zero-order valence-electron chi connectivity index (χ0n) is 16.6. The molecule has 1 saturated heterocycles. The molecule has 5 rings (SSSR count). The Bertz CT molecular complexity index is 1200. The molecule has 0 amide bonds. The van der Waals surface area contributed by atoms with Gasteiger partial charge in [0.2, 0.25) is 0 Å². The second-order valence-electron chi connectivity index (χ2n) is 7.64. The molecule has 1 aromatic carbocycles. The van der Waals surface area contributed by atoms with Crippen molar-refractivity contribution >= 4 is 22.2 Å². The van der Waals surface area contributed by atoms with Gasteiger partial charge in [-0.05, 0) is 78.7 Å². The summed E-state index contributed by atoms with van der Waals surface area (Å²) in [4.78, 5) is 21.1. The molecular formula is C24H23N3O2S. The summed E-state index contributed by atoms with van der Waals surface area (Å²) < 4.78 is 6.43. The van der Waals surface area contributed by atoms with E-state index < -0.39 is 0 Å². The minimum Gasteiger partial charge on any atom is -0.492 e. The smallest absolute Gasteiger partial charge is 0.260 e. The molecule has 1 aliphatic rings. The number of rotatable bonds is 5. The van der Waals surface area contributed by atoms with E-state index in [4.69, 9.17) is 4.74 Å². The van der Waals surface area contributed by atoms with Crippen LogP contribution in [0.25, 0.3) is 32.5 Å². The zero-order valence-corrected chi connectivity index (χ0v) is 17.4. The summed E-state index contributed by atoms with van der Waals surface area (Å²) in [6, 6.07) is 14.0. The maximum absolute atomic E-state index is 13.0. The average Bonchev–Trinajstić information content (AvgIpc) is 3.32. The number of benzene rings is 1. The monoisotopic (exact) mass is 417 g/mol. The Morgan fingerprint density at radius 1 is 1.07 bits per heavy atom. The van der Waals surface area contributed by atoms with E-state index in [2.05, 4.69) is 21.4 Å². The van der Waals surface area contributed by atoms with Gasteiger partial charge in [0.15, 0.2) is 0 Å². The molecule has 0 atom stereocenters. The summed E-state index contributed by atoms with van der Waals surface area (Å²) in [7, 11) is 0. The number of H-pyrrole nitrogens is 1. The highest BCUT2D eigenvalue weighted by molar-refractivity contribution is 7.13. The number of nitrogens with zero attached hydrogens (tertiary/aromatic N) is 1. The van der Waals surface area contributed by atoms with Gasteiger partial charge in [-0.1, -0.05) is 12.1 Å². The summed E-state index contributed by atoms with van der Waals surface area (Å²) in [5.41, 5.74) is 3.46. The second kappa shape index (κ2) is 8.42. The summed E-state index contributed by atoms with van der Waals surface area (Å²) >= 11 is 1.56. The predicted octanol–water partition coefficient (Wildman–Crippen LogP) is 4.70. The average molecular weight is 418 g/mol. The normalized spacial score (nSPS) is 14.8. The molecular weight excluding hydrogens is 394 g/mol. The number of aromatic amines is 1. The summed E-state index contributed by atoms with van der Waals surface area (Å²) in [6.07, 6.45) is 5.77. The van der Waals surface area contributed by atoms with Crippen LogP contribution in [0.3, 0.4) is 0 Å². The topological polar surface area (TPSA) is 67.0 Å². The zero-order chi connectivity index (χ0) is 20.3. The van der Waals surface area contributed by atoms with Crippen molar-refractivity contribution in [2.45, 2.75) is 12.8 Å². The van der Waals surface area contributed by atoms with Crippen LogP contribution in [-0.4, -0.2) is 29.7 Å². The number of ether oxygens (including phenoxy) is 1. The molecule has 0 saturated carbocycles. The minimum atomic E-state index is -0.109. The van der Waals surface area contributed by atoms with Crippen molar-refractivity contribution in [2.75, 3.05) is 19.7 Å². The third-order valence-corrected chi connectivity index (χ3v) is 6.56. The first-order valence-electron chi connectivity index (χ1n) is 10.3. The van der Waals surface area contributed by atoms with Gasteiger partial charge in [0.25, 0.3) is 5.56 Å². The van der Waals surface area contributed by atoms with Crippen molar-refractivity contribution in [3.05, 3.63) is 70.6 Å². The Morgan fingerprint density at radius 2 is 1.90 bits per heavy atom. The SMILES string of the molecule is O=c1[nH]c2ccc(-c3ccncc3)cc2c(OCC2CCNCC2)c1-c1cccs1. The van der Waals surface area contributed by atoms with Crippen LogP contribution >= 0.6 is 11.3 Å². The van der Waals surface area contributed by atoms with Crippen LogP contribution in [-0.2, 0) is 0 Å². The van der Waals surface area contributed by atoms with Crippen LogP contribution < -0.4 is 15.6 Å². The Hall–Kier alpha value is -2.96. The molecule has 0 bridgehead atoms. The number of aromatic nitrogens is 2. The minimum absolute atomic E-state index is 0.109. The Morgan fingerprint density at radius 3 is 2.67 bits per heavy atom. The molecule has 4 aromatic rings. The highest BCUT2D eigenvalue weighted by Crippen LogP contribution is 2.37. The van der Waals surface area contributed by atoms with E-state index in [-0.39, 0.29) is 5.56 Å². The first-order valence-corrected chi connectivity index (χ1v) is 11.2. The van der Waals surface area contributed by atoms with Crippen molar-refractivity contribution < 1.29 is 4.74 Å². The molecule has 30 heavy (non-hydrogen) atoms. The molecule has 2 N–H and O–H groups in total. The van der Waals surface area contributed by atoms with Crippen LogP contribution in [0.5, 0.6) is 5.75 Å². The van der Waals surface area contributed by atoms with Crippen LogP contribution in [0.1, 0.15) is 12.8 Å². The lowest BCUT2D eigenvalue weighted by molar-refractivity contribution is 0.217. The fourth-order valence-electron chi connectivity index (χ4n) is 4.03. The fraction of sp³-hybridized carbons (Fsp3) is 0.250. The highest BCUT2D eigenvalue weighted by atomic mass is 32.1. The number of hydrogen-bond acceptors (Lipinski definition) is 5. The van der Waals surface area contributed by atoms with Gasteiger partial charge in [-0.25, -0.2) is 0 Å². The quantitative estimate of drug-likeness (QED) is 0.494. The van der Waals surface area contributed by atoms with Crippen molar-refractivity contribution in [1.29, 1.82) is 0 Å². The molecule has 1 fully saturated rings. The molecule has 4 heterocycles. The van der Waals surface area contributed by atoms with Gasteiger partial charge in [0, 0.05) is 22.7 Å². The molecule has 3 aromatic heterocycles. The first-order chi connectivity index (χ1) is 14.8. The van der Waals surface area contributed by atoms with Crippen molar-refractivity contribution in [3.8, 4) is 27.3 Å². The lowest BCUT2D eigenvalue weighted by Crippen LogP contribution is -2.30. The molecule has 0 unspecified atom stereocenters. The summed E-state index contributed by atoms with van der Waals surface area (Å²) in [5.74, 6) is 1.19. The standard InChI is InChI=1S/C24H23N3O2S/c28-24-22(21-2-1-13-30-21)23(29-15-16-5-9-25-10-6-16)19-14-18(3-4-20(19)27-24)17-7-11-26-12-8-17/h1-4,7-8,11-14,16,25H,5-6,9-10,15H2,(H,27,28). The van der Waals surface area contributed by atoms with Crippen molar-refractivity contribution in [2.24, 2.45) is 5.92 Å². The lowest BCUT2D eigenvalue weighted by atomic mass is 9.99. The number of thiophene rings is 1. The van der Waals surface area contributed by atoms with Gasteiger partial charge in [-0.15, -0.1) is 11.3 Å². The van der Waals surface area contributed by atoms with E-state index in [0.29, 0.717) is 23.8 Å². The first kappa shape index (κ1) is 19.0. The van der Waals surface area contributed by atoms with Gasteiger partial charge in [-0.2, -0.15) is 0 Å². The van der Waals surface area contributed by atoms with Gasteiger partial charge in [0.1, 0.15) is 5.75 Å². The van der Waals surface area contributed by atoms with E-state index in [0.717, 1.165) is 52.8 Å². The Balaban J connectivity index is 1.64. The Labute approximate surface area is 178 Å². The summed E-state index contributed by atoms with van der Waals surface area (Å²) in [6.45, 7) is 2.67. The third kappa shape index (κ3) is 3.76. The second-order valence-corrected chi connectivity index (χ2v) is 8.58. The number of fused-ring (bicyclic) bond motifs is 1. The van der Waals surface area contributed by atoms with Crippen molar-refractivity contribution in [3.63, 3.8) is 0 Å². The molecule has 0 aliphatic carbocycles. The van der Waals surface area contributed by atoms with Crippen molar-refractivity contribution in [1.82, 2.24) is 15.3 Å². The number of pyridine rings is 2. The molecule has 0 radical (unpaired) electrons. The van der Waals surface area contributed by atoms with E-state index in [9.17, 15) is 4.79 Å². The van der Waals surface area contributed by atoms with Gasteiger partial charge in [-0.3, -0.25) is 9.78 Å². The van der Waals surface area contributed by atoms with Crippen LogP contribution in [0.15, 0.2) is 65.0 Å². The van der Waals surface area contributed by atoms with E-state index in [1.165, 1.54) is 0 Å². The van der Waals surface area contributed by atoms with E-state index in [1.807, 2.05) is 41.8 Å². The molecule has 6 heteroatoms. The highest BCUT2D eigenvalue weighted by Gasteiger charge is 2.20. The summed E-state index contributed by atoms with van der Waals surface area (Å²) in [5, 5.41) is 6.32. The third-order valence-electron chi connectivity index (χ3n) is 5.67. The van der Waals surface area contributed by atoms with Gasteiger partial charge < -0.3 is 15.0 Å². The molecule has 5 nitrogen and oxygen atoms in total. The Kier molecular flexibility index (Phi) is 5.34. The number of hydrogen-bond donors (Lipinski definition) is 2. The van der Waals surface area contributed by atoms with E-state index in [1.54, 1.807) is 23.7 Å².